The Kier molecular flexibility index (Phi) is 3.71. The summed E-state index contributed by atoms with van der Waals surface area (Å²) in [5.41, 5.74) is 1.17. The van der Waals surface area contributed by atoms with Crippen LogP contribution < -0.4 is 0 Å². The van der Waals surface area contributed by atoms with Crippen LogP contribution in [0.3, 0.4) is 0 Å². The molecule has 2 aliphatic heterocycles. The molecule has 2 atom stereocenters. The molecule has 2 saturated heterocycles. The van der Waals surface area contributed by atoms with Crippen molar-refractivity contribution in [3.63, 3.8) is 0 Å². The van der Waals surface area contributed by atoms with E-state index in [-0.39, 0.29) is 18.4 Å². The van der Waals surface area contributed by atoms with Crippen LogP contribution in [0.2, 0.25) is 0 Å². The van der Waals surface area contributed by atoms with Crippen molar-refractivity contribution in [2.75, 3.05) is 19.6 Å². The molecule has 5 nitrogen and oxygen atoms in total. The molecule has 1 N–H and O–H groups in total. The van der Waals surface area contributed by atoms with Gasteiger partial charge in [0.2, 0.25) is 11.8 Å². The van der Waals surface area contributed by atoms with Crippen LogP contribution in [0.15, 0.2) is 12.2 Å². The summed E-state index contributed by atoms with van der Waals surface area (Å²) < 4.78 is 0. The van der Waals surface area contributed by atoms with Gasteiger partial charge in [0.25, 0.3) is 0 Å². The second kappa shape index (κ2) is 5.10. The van der Waals surface area contributed by atoms with Gasteiger partial charge in [-0.2, -0.15) is 0 Å². The minimum Gasteiger partial charge on any atom is -0.391 e. The van der Waals surface area contributed by atoms with E-state index in [0.29, 0.717) is 19.5 Å². The third-order valence-corrected chi connectivity index (χ3v) is 3.75. The lowest BCUT2D eigenvalue weighted by atomic mass is 10.0. The lowest BCUT2D eigenvalue weighted by Crippen LogP contribution is -2.48. The summed E-state index contributed by atoms with van der Waals surface area (Å²) in [5.74, 6) is -0.180. The van der Waals surface area contributed by atoms with Crippen LogP contribution >= 0.6 is 0 Å². The third-order valence-electron chi connectivity index (χ3n) is 3.75. The van der Waals surface area contributed by atoms with E-state index in [1.54, 1.807) is 4.90 Å². The summed E-state index contributed by atoms with van der Waals surface area (Å²) in [7, 11) is 0. The molecule has 0 radical (unpaired) electrons. The maximum Gasteiger partial charge on any atom is 0.245 e. The second-order valence-corrected chi connectivity index (χ2v) is 5.15. The number of hydrogen-bond donors (Lipinski definition) is 1. The highest BCUT2D eigenvalue weighted by Gasteiger charge is 2.39. The van der Waals surface area contributed by atoms with Gasteiger partial charge in [0.05, 0.1) is 6.10 Å². The van der Waals surface area contributed by atoms with Crippen LogP contribution in [0.5, 0.6) is 0 Å². The van der Waals surface area contributed by atoms with E-state index in [4.69, 9.17) is 0 Å². The summed E-state index contributed by atoms with van der Waals surface area (Å²) >= 11 is 0. The summed E-state index contributed by atoms with van der Waals surface area (Å²) in [5, 5.41) is 9.63. The molecule has 0 bridgehead atoms. The highest BCUT2D eigenvalue weighted by Crippen LogP contribution is 2.22. The number of carbonyl (C=O) groups excluding carboxylic acids is 2. The zero-order valence-electron chi connectivity index (χ0n) is 10.8. The third kappa shape index (κ3) is 2.56. The van der Waals surface area contributed by atoms with E-state index in [2.05, 4.69) is 6.58 Å². The average Bonchev–Trinajstić information content (AvgIpc) is 2.71. The van der Waals surface area contributed by atoms with E-state index in [0.717, 1.165) is 12.8 Å². The molecule has 0 spiro atoms. The van der Waals surface area contributed by atoms with Gasteiger partial charge in [0.15, 0.2) is 0 Å². The number of nitrogens with zero attached hydrogens (tertiary/aromatic N) is 2. The number of β-amino-alcohol motifs (C(OH)–C–C–N with tert-alkyl or cyclic N) is 1. The van der Waals surface area contributed by atoms with Crippen molar-refractivity contribution < 1.29 is 14.7 Å². The number of aliphatic hydroxyl groups is 1. The van der Waals surface area contributed by atoms with Gasteiger partial charge < -0.3 is 14.9 Å². The fraction of sp³-hybridized carbons (Fsp3) is 0.692. The van der Waals surface area contributed by atoms with E-state index in [1.165, 1.54) is 17.4 Å². The second-order valence-electron chi connectivity index (χ2n) is 5.15. The van der Waals surface area contributed by atoms with Crippen molar-refractivity contribution in [3.05, 3.63) is 12.2 Å². The van der Waals surface area contributed by atoms with Crippen molar-refractivity contribution >= 4 is 11.8 Å². The molecular weight excluding hydrogens is 232 g/mol. The molecule has 0 aromatic rings. The molecule has 5 heteroatoms. The number of amides is 2. The van der Waals surface area contributed by atoms with Gasteiger partial charge in [-0.05, 0) is 12.8 Å². The Balaban J connectivity index is 2.03. The summed E-state index contributed by atoms with van der Waals surface area (Å²) in [6.45, 7) is 6.98. The first-order valence-electron chi connectivity index (χ1n) is 6.39. The zero-order valence-corrected chi connectivity index (χ0v) is 10.8. The molecule has 2 amide bonds. The fourth-order valence-electron chi connectivity index (χ4n) is 2.65. The minimum absolute atomic E-state index is 0.0331. The number of aliphatic hydroxyl groups excluding tert-OH is 1. The monoisotopic (exact) mass is 252 g/mol. The SMILES string of the molecule is C=C1CCN(C(=O)[C@H]2C[C@@H](O)CN2C(C)=O)CC1. The van der Waals surface area contributed by atoms with Gasteiger partial charge in [-0.3, -0.25) is 9.59 Å². The largest absolute Gasteiger partial charge is 0.391 e. The van der Waals surface area contributed by atoms with E-state index < -0.39 is 12.1 Å². The molecule has 2 fully saturated rings. The lowest BCUT2D eigenvalue weighted by molar-refractivity contribution is -0.143. The van der Waals surface area contributed by atoms with Gasteiger partial charge in [-0.25, -0.2) is 0 Å². The van der Waals surface area contributed by atoms with Gasteiger partial charge in [0, 0.05) is 33.0 Å². The topological polar surface area (TPSA) is 60.9 Å². The molecule has 0 aromatic carbocycles. The Hall–Kier alpha value is -1.36. The van der Waals surface area contributed by atoms with Crippen molar-refractivity contribution in [1.29, 1.82) is 0 Å². The Morgan fingerprint density at radius 3 is 2.50 bits per heavy atom. The Bertz CT molecular complexity index is 370. The number of piperidine rings is 1. The van der Waals surface area contributed by atoms with Crippen molar-refractivity contribution in [2.45, 2.75) is 38.3 Å². The van der Waals surface area contributed by atoms with Crippen LogP contribution in [0.25, 0.3) is 0 Å². The predicted molar refractivity (Wildman–Crippen MR) is 66.8 cm³/mol. The molecule has 2 rings (SSSR count). The molecule has 18 heavy (non-hydrogen) atoms. The number of likely N-dealkylation sites (tertiary alicyclic amines) is 2. The molecule has 2 heterocycles. The highest BCUT2D eigenvalue weighted by molar-refractivity contribution is 5.87. The van der Waals surface area contributed by atoms with Crippen LogP contribution in [0.1, 0.15) is 26.2 Å². The molecule has 0 aromatic heterocycles. The van der Waals surface area contributed by atoms with Crippen LogP contribution in [-0.2, 0) is 9.59 Å². The minimum atomic E-state index is -0.581. The maximum absolute atomic E-state index is 12.4. The van der Waals surface area contributed by atoms with Crippen LogP contribution in [-0.4, -0.2) is 58.5 Å². The Morgan fingerprint density at radius 2 is 1.94 bits per heavy atom. The van der Waals surface area contributed by atoms with Gasteiger partial charge in [-0.15, -0.1) is 0 Å². The number of carbonyl (C=O) groups is 2. The van der Waals surface area contributed by atoms with E-state index in [9.17, 15) is 14.7 Å². The van der Waals surface area contributed by atoms with Crippen molar-refractivity contribution in [2.24, 2.45) is 0 Å². The fourth-order valence-corrected chi connectivity index (χ4v) is 2.65. The van der Waals surface area contributed by atoms with E-state index >= 15 is 0 Å². The number of hydrogen-bond acceptors (Lipinski definition) is 3. The Morgan fingerprint density at radius 1 is 1.33 bits per heavy atom. The van der Waals surface area contributed by atoms with Crippen molar-refractivity contribution in [1.82, 2.24) is 9.80 Å². The molecule has 100 valence electrons. The number of rotatable bonds is 1. The molecule has 0 unspecified atom stereocenters. The van der Waals surface area contributed by atoms with Gasteiger partial charge in [-0.1, -0.05) is 12.2 Å². The lowest BCUT2D eigenvalue weighted by Gasteiger charge is -2.32. The summed E-state index contributed by atoms with van der Waals surface area (Å²) in [6.07, 6.45) is 1.44. The molecule has 2 aliphatic rings. The van der Waals surface area contributed by atoms with Gasteiger partial charge in [0.1, 0.15) is 6.04 Å². The highest BCUT2D eigenvalue weighted by atomic mass is 16.3. The zero-order chi connectivity index (χ0) is 13.3. The molecule has 0 saturated carbocycles. The average molecular weight is 252 g/mol. The molecular formula is C13H20N2O3. The summed E-state index contributed by atoms with van der Waals surface area (Å²) in [6, 6.07) is -0.483. The van der Waals surface area contributed by atoms with Crippen molar-refractivity contribution in [3.8, 4) is 0 Å². The molecule has 0 aliphatic carbocycles. The van der Waals surface area contributed by atoms with Crippen LogP contribution in [0.4, 0.5) is 0 Å². The quantitative estimate of drug-likeness (QED) is 0.676. The first-order valence-corrected chi connectivity index (χ1v) is 6.39. The maximum atomic E-state index is 12.4. The van der Waals surface area contributed by atoms with Crippen LogP contribution in [0, 0.1) is 0 Å². The van der Waals surface area contributed by atoms with E-state index in [1.807, 2.05) is 0 Å². The summed E-state index contributed by atoms with van der Waals surface area (Å²) in [4.78, 5) is 27.1. The standard InChI is InChI=1S/C13H20N2O3/c1-9-3-5-14(6-4-9)13(18)12-7-11(17)8-15(12)10(2)16/h11-12,17H,1,3-8H2,2H3/t11-,12-/m1/s1. The van der Waals surface area contributed by atoms with Gasteiger partial charge >= 0.3 is 0 Å². The smallest absolute Gasteiger partial charge is 0.245 e. The Labute approximate surface area is 107 Å². The normalized spacial score (nSPS) is 28.7. The first-order chi connectivity index (χ1) is 8.49. The first kappa shape index (κ1) is 13.1. The predicted octanol–water partition coefficient (Wildman–Crippen LogP) is 0.147.